The number of amides is 2. The zero-order chi connectivity index (χ0) is 17.4. The van der Waals surface area contributed by atoms with E-state index in [1.54, 1.807) is 23.7 Å². The Hall–Kier alpha value is -3.12. The highest BCUT2D eigenvalue weighted by molar-refractivity contribution is 5.95. The molecule has 2 aromatic carbocycles. The van der Waals surface area contributed by atoms with Gasteiger partial charge in [-0.3, -0.25) is 14.8 Å². The highest BCUT2D eigenvalue weighted by Crippen LogP contribution is 2.10. The van der Waals surface area contributed by atoms with Crippen molar-refractivity contribution in [2.75, 3.05) is 0 Å². The van der Waals surface area contributed by atoms with Gasteiger partial charge in [-0.05, 0) is 29.3 Å². The largest absolute Gasteiger partial charge is 0.508 e. The van der Waals surface area contributed by atoms with E-state index < -0.39 is 17.9 Å². The highest BCUT2D eigenvalue weighted by Gasteiger charge is 2.19. The van der Waals surface area contributed by atoms with Crippen LogP contribution in [-0.2, 0) is 16.0 Å². The van der Waals surface area contributed by atoms with E-state index in [0.717, 1.165) is 11.1 Å². The first-order chi connectivity index (χ1) is 11.6. The Morgan fingerprint density at radius 2 is 1.71 bits per heavy atom. The molecule has 0 heterocycles. The lowest BCUT2D eigenvalue weighted by Gasteiger charge is -2.15. The van der Waals surface area contributed by atoms with Gasteiger partial charge in [0, 0.05) is 12.5 Å². The van der Waals surface area contributed by atoms with Gasteiger partial charge < -0.3 is 10.4 Å². The van der Waals surface area contributed by atoms with Gasteiger partial charge in [-0.1, -0.05) is 42.5 Å². The van der Waals surface area contributed by atoms with E-state index in [0.29, 0.717) is 0 Å². The van der Waals surface area contributed by atoms with E-state index in [4.69, 9.17) is 5.21 Å². The Kier molecular flexibility index (Phi) is 6.10. The molecule has 6 nitrogen and oxygen atoms in total. The van der Waals surface area contributed by atoms with Crippen LogP contribution in [0.5, 0.6) is 5.75 Å². The molecule has 0 aliphatic rings. The van der Waals surface area contributed by atoms with E-state index in [1.165, 1.54) is 18.2 Å². The number of phenolic OH excluding ortho intramolecular Hbond substituents is 1. The molecule has 0 fully saturated rings. The second kappa shape index (κ2) is 8.50. The van der Waals surface area contributed by atoms with Crippen molar-refractivity contribution in [2.24, 2.45) is 0 Å². The molecule has 0 bridgehead atoms. The Balaban J connectivity index is 2.01. The summed E-state index contributed by atoms with van der Waals surface area (Å²) in [5.41, 5.74) is 3.15. The van der Waals surface area contributed by atoms with Crippen LogP contribution >= 0.6 is 0 Å². The second-order valence-corrected chi connectivity index (χ2v) is 5.15. The van der Waals surface area contributed by atoms with Gasteiger partial charge in [-0.15, -0.1) is 0 Å². The average Bonchev–Trinajstić information content (AvgIpc) is 2.61. The summed E-state index contributed by atoms with van der Waals surface area (Å²) in [7, 11) is 0. The molecule has 2 amide bonds. The lowest BCUT2D eigenvalue weighted by Crippen LogP contribution is -2.46. The maximum Gasteiger partial charge on any atom is 0.266 e. The van der Waals surface area contributed by atoms with Gasteiger partial charge in [0.15, 0.2) is 0 Å². The number of benzene rings is 2. The predicted molar refractivity (Wildman–Crippen MR) is 89.1 cm³/mol. The molecule has 2 aromatic rings. The second-order valence-electron chi connectivity index (χ2n) is 5.15. The number of aromatic hydroxyl groups is 1. The van der Waals surface area contributed by atoms with Crippen LogP contribution in [-0.4, -0.2) is 28.2 Å². The van der Waals surface area contributed by atoms with Crippen molar-refractivity contribution in [1.82, 2.24) is 10.8 Å². The number of nitrogens with one attached hydrogen (secondary N) is 2. The molecule has 0 aromatic heterocycles. The average molecular weight is 326 g/mol. The van der Waals surface area contributed by atoms with Crippen molar-refractivity contribution in [3.8, 4) is 5.75 Å². The Morgan fingerprint density at radius 3 is 2.33 bits per heavy atom. The normalized spacial score (nSPS) is 11.9. The van der Waals surface area contributed by atoms with E-state index in [-0.39, 0.29) is 12.2 Å². The summed E-state index contributed by atoms with van der Waals surface area (Å²) in [6.07, 6.45) is 3.10. The first-order valence-electron chi connectivity index (χ1n) is 7.34. The molecule has 0 radical (unpaired) electrons. The number of hydrogen-bond donors (Lipinski definition) is 4. The topological polar surface area (TPSA) is 98.7 Å². The summed E-state index contributed by atoms with van der Waals surface area (Å²) in [4.78, 5) is 23.7. The summed E-state index contributed by atoms with van der Waals surface area (Å²) in [5, 5.41) is 20.6. The van der Waals surface area contributed by atoms with Crippen LogP contribution in [0.15, 0.2) is 60.7 Å². The zero-order valence-corrected chi connectivity index (χ0v) is 12.8. The lowest BCUT2D eigenvalue weighted by atomic mass is 10.1. The Labute approximate surface area is 139 Å². The highest BCUT2D eigenvalue weighted by atomic mass is 16.5. The van der Waals surface area contributed by atoms with Crippen molar-refractivity contribution in [3.05, 3.63) is 71.8 Å². The monoisotopic (exact) mass is 326 g/mol. The maximum absolute atomic E-state index is 12.0. The van der Waals surface area contributed by atoms with Crippen LogP contribution < -0.4 is 10.8 Å². The third-order valence-electron chi connectivity index (χ3n) is 3.35. The minimum absolute atomic E-state index is 0.138. The molecule has 0 saturated heterocycles. The van der Waals surface area contributed by atoms with Gasteiger partial charge >= 0.3 is 0 Å². The van der Waals surface area contributed by atoms with Gasteiger partial charge in [0.1, 0.15) is 11.8 Å². The number of carbonyl (C=O) groups is 2. The van der Waals surface area contributed by atoms with Crippen molar-refractivity contribution in [1.29, 1.82) is 0 Å². The van der Waals surface area contributed by atoms with Gasteiger partial charge in [0.25, 0.3) is 5.91 Å². The summed E-state index contributed by atoms with van der Waals surface area (Å²) in [6.45, 7) is 0. The van der Waals surface area contributed by atoms with Crippen LogP contribution in [0.4, 0.5) is 0 Å². The van der Waals surface area contributed by atoms with Gasteiger partial charge in [0.05, 0.1) is 0 Å². The first kappa shape index (κ1) is 17.2. The van der Waals surface area contributed by atoms with E-state index >= 15 is 0 Å². The van der Waals surface area contributed by atoms with Crippen LogP contribution in [0.1, 0.15) is 11.1 Å². The van der Waals surface area contributed by atoms with Gasteiger partial charge in [-0.2, -0.15) is 0 Å². The smallest absolute Gasteiger partial charge is 0.266 e. The molecule has 0 saturated carbocycles. The van der Waals surface area contributed by atoms with Crippen molar-refractivity contribution >= 4 is 17.9 Å². The Bertz CT molecular complexity index is 712. The fourth-order valence-electron chi connectivity index (χ4n) is 2.11. The number of hydrogen-bond acceptors (Lipinski definition) is 4. The van der Waals surface area contributed by atoms with Crippen molar-refractivity contribution in [2.45, 2.75) is 12.5 Å². The summed E-state index contributed by atoms with van der Waals surface area (Å²) < 4.78 is 0. The lowest BCUT2D eigenvalue weighted by molar-refractivity contribution is -0.133. The van der Waals surface area contributed by atoms with Gasteiger partial charge in [-0.25, -0.2) is 5.48 Å². The SMILES string of the molecule is O=C(/C=C/c1ccc(O)cc1)NC(Cc1ccccc1)C(=O)NO. The molecular formula is C18H18N2O4. The van der Waals surface area contributed by atoms with E-state index in [1.807, 2.05) is 30.3 Å². The minimum Gasteiger partial charge on any atom is -0.508 e. The Morgan fingerprint density at radius 1 is 1.04 bits per heavy atom. The number of rotatable bonds is 6. The van der Waals surface area contributed by atoms with Crippen LogP contribution in [0.3, 0.4) is 0 Å². The van der Waals surface area contributed by atoms with Gasteiger partial charge in [0.2, 0.25) is 5.91 Å². The molecule has 2 rings (SSSR count). The fraction of sp³-hybridized carbons (Fsp3) is 0.111. The van der Waals surface area contributed by atoms with Crippen LogP contribution in [0, 0.1) is 0 Å². The minimum atomic E-state index is -0.894. The molecule has 24 heavy (non-hydrogen) atoms. The third-order valence-corrected chi connectivity index (χ3v) is 3.35. The summed E-state index contributed by atoms with van der Waals surface area (Å²) >= 11 is 0. The molecule has 1 atom stereocenters. The molecule has 6 heteroatoms. The van der Waals surface area contributed by atoms with Crippen LogP contribution in [0.2, 0.25) is 0 Å². The predicted octanol–water partition coefficient (Wildman–Crippen LogP) is 1.64. The summed E-state index contributed by atoms with van der Waals surface area (Å²) in [6, 6.07) is 14.6. The fourth-order valence-corrected chi connectivity index (χ4v) is 2.11. The van der Waals surface area contributed by atoms with Crippen molar-refractivity contribution < 1.29 is 19.9 Å². The first-order valence-corrected chi connectivity index (χ1v) is 7.34. The molecular weight excluding hydrogens is 308 g/mol. The van der Waals surface area contributed by atoms with E-state index in [2.05, 4.69) is 5.32 Å². The number of hydroxylamine groups is 1. The van der Waals surface area contributed by atoms with Crippen molar-refractivity contribution in [3.63, 3.8) is 0 Å². The molecule has 0 aliphatic carbocycles. The quantitative estimate of drug-likeness (QED) is 0.368. The number of carbonyl (C=O) groups excluding carboxylic acids is 2. The summed E-state index contributed by atoms with van der Waals surface area (Å²) in [5.74, 6) is -1.02. The van der Waals surface area contributed by atoms with E-state index in [9.17, 15) is 14.7 Å². The molecule has 0 spiro atoms. The molecule has 4 N–H and O–H groups in total. The standard InChI is InChI=1S/C18H18N2O4/c21-15-9-6-13(7-10-15)8-11-17(22)19-16(18(23)20-24)12-14-4-2-1-3-5-14/h1-11,16,21,24H,12H2,(H,19,22)(H,20,23)/b11-8+. The molecule has 124 valence electrons. The van der Waals surface area contributed by atoms with Crippen LogP contribution in [0.25, 0.3) is 6.08 Å². The zero-order valence-electron chi connectivity index (χ0n) is 12.8. The number of phenols is 1. The molecule has 1 unspecified atom stereocenters. The maximum atomic E-state index is 12.0. The molecule has 0 aliphatic heterocycles. The third kappa shape index (κ3) is 5.26.